The van der Waals surface area contributed by atoms with Crippen molar-refractivity contribution in [3.8, 4) is 0 Å². The van der Waals surface area contributed by atoms with Gasteiger partial charge in [0, 0.05) is 37.6 Å². The second kappa shape index (κ2) is 8.34. The van der Waals surface area contributed by atoms with E-state index in [2.05, 4.69) is 15.0 Å². The molecule has 1 heterocycles. The Labute approximate surface area is 143 Å². The molecule has 2 rings (SSSR count). The molecule has 0 aromatic heterocycles. The fraction of sp³-hybridized carbons (Fsp3) is 0.562. The number of hydrogen-bond donors (Lipinski definition) is 1. The van der Waals surface area contributed by atoms with Gasteiger partial charge in [0.15, 0.2) is 0 Å². The molecule has 24 heavy (non-hydrogen) atoms. The highest BCUT2D eigenvalue weighted by molar-refractivity contribution is 7.89. The molecular weight excluding hydrogens is 330 g/mol. The molecule has 1 aromatic carbocycles. The van der Waals surface area contributed by atoms with Crippen LogP contribution in [0.5, 0.6) is 0 Å². The van der Waals surface area contributed by atoms with E-state index in [0.29, 0.717) is 38.3 Å². The molecule has 8 heteroatoms. The Bertz CT molecular complexity index is 638. The standard InChI is InChI=1S/C16H25N3O4S/c1-3-4-13-24(21,22)19-11-9-18(10-12-19)15-7-5-14(6-8-15)17-16(20)23-2/h5-8H,3-4,9-13H2,1-2H3,(H,17,20). The van der Waals surface area contributed by atoms with Crippen LogP contribution in [0.3, 0.4) is 0 Å². The molecule has 1 aliphatic heterocycles. The lowest BCUT2D eigenvalue weighted by Gasteiger charge is -2.35. The minimum Gasteiger partial charge on any atom is -0.453 e. The maximum absolute atomic E-state index is 12.2. The number of carbonyl (C=O) groups excluding carboxylic acids is 1. The van der Waals surface area contributed by atoms with Crippen LogP contribution < -0.4 is 10.2 Å². The Hall–Kier alpha value is -1.80. The van der Waals surface area contributed by atoms with E-state index in [1.165, 1.54) is 7.11 Å². The van der Waals surface area contributed by atoms with Gasteiger partial charge in [-0.25, -0.2) is 13.2 Å². The molecule has 0 unspecified atom stereocenters. The Kier molecular flexibility index (Phi) is 6.44. The van der Waals surface area contributed by atoms with Gasteiger partial charge in [0.1, 0.15) is 0 Å². The molecule has 0 bridgehead atoms. The van der Waals surface area contributed by atoms with Gasteiger partial charge in [-0.05, 0) is 30.7 Å². The van der Waals surface area contributed by atoms with Gasteiger partial charge in [-0.1, -0.05) is 13.3 Å². The van der Waals surface area contributed by atoms with E-state index in [1.807, 2.05) is 19.1 Å². The van der Waals surface area contributed by atoms with Crippen molar-refractivity contribution in [1.29, 1.82) is 0 Å². The topological polar surface area (TPSA) is 79.0 Å². The van der Waals surface area contributed by atoms with E-state index in [4.69, 9.17) is 0 Å². The lowest BCUT2D eigenvalue weighted by molar-refractivity contribution is 0.187. The van der Waals surface area contributed by atoms with Crippen LogP contribution in [0.25, 0.3) is 0 Å². The molecule has 1 aromatic rings. The molecule has 0 spiro atoms. The monoisotopic (exact) mass is 355 g/mol. The summed E-state index contributed by atoms with van der Waals surface area (Å²) in [5, 5.41) is 2.60. The van der Waals surface area contributed by atoms with Crippen LogP contribution >= 0.6 is 0 Å². The first-order valence-electron chi connectivity index (χ1n) is 8.14. The zero-order chi connectivity index (χ0) is 17.6. The number of methoxy groups -OCH3 is 1. The normalized spacial score (nSPS) is 16.0. The summed E-state index contributed by atoms with van der Waals surface area (Å²) in [6.45, 7) is 4.33. The van der Waals surface area contributed by atoms with E-state index in [0.717, 1.165) is 12.1 Å². The molecule has 1 saturated heterocycles. The average molecular weight is 355 g/mol. The number of amides is 1. The Morgan fingerprint density at radius 2 is 1.79 bits per heavy atom. The van der Waals surface area contributed by atoms with Crippen molar-refractivity contribution >= 4 is 27.5 Å². The van der Waals surface area contributed by atoms with E-state index in [1.54, 1.807) is 16.4 Å². The highest BCUT2D eigenvalue weighted by Gasteiger charge is 2.26. The Balaban J connectivity index is 1.91. The minimum atomic E-state index is -3.13. The third-order valence-corrected chi connectivity index (χ3v) is 6.01. The summed E-state index contributed by atoms with van der Waals surface area (Å²) in [7, 11) is -1.81. The van der Waals surface area contributed by atoms with Crippen molar-refractivity contribution in [1.82, 2.24) is 4.31 Å². The SMILES string of the molecule is CCCCS(=O)(=O)N1CCN(c2ccc(NC(=O)OC)cc2)CC1. The smallest absolute Gasteiger partial charge is 0.411 e. The Morgan fingerprint density at radius 1 is 1.17 bits per heavy atom. The zero-order valence-corrected chi connectivity index (χ0v) is 15.0. The summed E-state index contributed by atoms with van der Waals surface area (Å²) in [6, 6.07) is 7.42. The van der Waals surface area contributed by atoms with Crippen molar-refractivity contribution in [2.24, 2.45) is 0 Å². The number of nitrogens with one attached hydrogen (secondary N) is 1. The first kappa shape index (κ1) is 18.5. The molecule has 1 fully saturated rings. The molecular formula is C16H25N3O4S. The van der Waals surface area contributed by atoms with Crippen molar-refractivity contribution in [2.75, 3.05) is 49.3 Å². The van der Waals surface area contributed by atoms with Gasteiger partial charge in [0.2, 0.25) is 10.0 Å². The van der Waals surface area contributed by atoms with Crippen molar-refractivity contribution in [3.63, 3.8) is 0 Å². The largest absolute Gasteiger partial charge is 0.453 e. The van der Waals surface area contributed by atoms with Crippen LogP contribution in [0.2, 0.25) is 0 Å². The van der Waals surface area contributed by atoms with Crippen LogP contribution in [0.4, 0.5) is 16.2 Å². The number of sulfonamides is 1. The van der Waals surface area contributed by atoms with Crippen LogP contribution in [0.1, 0.15) is 19.8 Å². The lowest BCUT2D eigenvalue weighted by atomic mass is 10.2. The highest BCUT2D eigenvalue weighted by atomic mass is 32.2. The van der Waals surface area contributed by atoms with E-state index in [9.17, 15) is 13.2 Å². The third kappa shape index (κ3) is 4.85. The predicted molar refractivity (Wildman–Crippen MR) is 95.0 cm³/mol. The molecule has 0 radical (unpaired) electrons. The van der Waals surface area contributed by atoms with Crippen molar-refractivity contribution < 1.29 is 17.9 Å². The average Bonchev–Trinajstić information content (AvgIpc) is 2.60. The maximum Gasteiger partial charge on any atom is 0.411 e. The van der Waals surface area contributed by atoms with Gasteiger partial charge in [-0.15, -0.1) is 0 Å². The number of carbonyl (C=O) groups is 1. The van der Waals surface area contributed by atoms with Crippen LogP contribution in [0, 0.1) is 0 Å². The first-order chi connectivity index (χ1) is 11.5. The third-order valence-electron chi connectivity index (χ3n) is 4.05. The van der Waals surface area contributed by atoms with Gasteiger partial charge in [0.05, 0.1) is 12.9 Å². The fourth-order valence-corrected chi connectivity index (χ4v) is 4.24. The van der Waals surface area contributed by atoms with Gasteiger partial charge in [-0.3, -0.25) is 5.32 Å². The molecule has 0 aliphatic carbocycles. The summed E-state index contributed by atoms with van der Waals surface area (Å²) >= 11 is 0. The van der Waals surface area contributed by atoms with Crippen LogP contribution in [-0.4, -0.2) is 57.9 Å². The predicted octanol–water partition coefficient (Wildman–Crippen LogP) is 2.12. The van der Waals surface area contributed by atoms with Gasteiger partial charge in [-0.2, -0.15) is 4.31 Å². The summed E-state index contributed by atoms with van der Waals surface area (Å²) < 4.78 is 30.6. The minimum absolute atomic E-state index is 0.234. The maximum atomic E-state index is 12.2. The number of hydrogen-bond acceptors (Lipinski definition) is 5. The molecule has 1 aliphatic rings. The van der Waals surface area contributed by atoms with Crippen molar-refractivity contribution in [3.05, 3.63) is 24.3 Å². The summed E-state index contributed by atoms with van der Waals surface area (Å²) in [5.74, 6) is 0.234. The number of unbranched alkanes of at least 4 members (excludes halogenated alkanes) is 1. The molecule has 1 amide bonds. The Morgan fingerprint density at radius 3 is 2.33 bits per heavy atom. The molecule has 0 atom stereocenters. The highest BCUT2D eigenvalue weighted by Crippen LogP contribution is 2.20. The lowest BCUT2D eigenvalue weighted by Crippen LogP contribution is -2.49. The number of rotatable bonds is 6. The number of piperazine rings is 1. The van der Waals surface area contributed by atoms with Crippen LogP contribution in [-0.2, 0) is 14.8 Å². The van der Waals surface area contributed by atoms with Crippen LogP contribution in [0.15, 0.2) is 24.3 Å². The van der Waals surface area contributed by atoms with E-state index >= 15 is 0 Å². The summed E-state index contributed by atoms with van der Waals surface area (Å²) in [6.07, 6.45) is 1.08. The summed E-state index contributed by atoms with van der Waals surface area (Å²) in [5.41, 5.74) is 1.67. The van der Waals surface area contributed by atoms with Crippen molar-refractivity contribution in [2.45, 2.75) is 19.8 Å². The number of nitrogens with zero attached hydrogens (tertiary/aromatic N) is 2. The van der Waals surface area contributed by atoms with E-state index in [-0.39, 0.29) is 5.75 Å². The van der Waals surface area contributed by atoms with Gasteiger partial charge in [0.25, 0.3) is 0 Å². The zero-order valence-electron chi connectivity index (χ0n) is 14.2. The number of anilines is 2. The first-order valence-corrected chi connectivity index (χ1v) is 9.75. The van der Waals surface area contributed by atoms with Gasteiger partial charge < -0.3 is 9.64 Å². The number of ether oxygens (including phenoxy) is 1. The molecule has 1 N–H and O–H groups in total. The van der Waals surface area contributed by atoms with E-state index < -0.39 is 16.1 Å². The molecule has 0 saturated carbocycles. The van der Waals surface area contributed by atoms with Gasteiger partial charge >= 0.3 is 6.09 Å². The second-order valence-corrected chi connectivity index (χ2v) is 7.81. The fourth-order valence-electron chi connectivity index (χ4n) is 2.60. The molecule has 7 nitrogen and oxygen atoms in total. The number of benzene rings is 1. The summed E-state index contributed by atoms with van der Waals surface area (Å²) in [4.78, 5) is 13.3. The quantitative estimate of drug-likeness (QED) is 0.845. The second-order valence-electron chi connectivity index (χ2n) is 5.72. The molecule has 134 valence electrons.